The molecule has 4 aromatic rings. The van der Waals surface area contributed by atoms with Crippen molar-refractivity contribution in [1.82, 2.24) is 4.98 Å². The number of para-hydroxylation sites is 1. The Bertz CT molecular complexity index is 1180. The minimum Gasteiger partial charge on any atom is -0.683 e. The number of hydrogen-bond donors (Lipinski definition) is 0. The molecule has 4 rings (SSSR count). The summed E-state index contributed by atoms with van der Waals surface area (Å²) in [6.45, 7) is 9.73. The summed E-state index contributed by atoms with van der Waals surface area (Å²) in [5.41, 5.74) is 7.28. The maximum absolute atomic E-state index is 5.45. The van der Waals surface area contributed by atoms with E-state index in [1.54, 1.807) is 42.3 Å². The zero-order chi connectivity index (χ0) is 32.8. The Kier molecular flexibility index (Phi) is 23.2. The van der Waals surface area contributed by atoms with Crippen LogP contribution in [0.3, 0.4) is 0 Å². The Hall–Kier alpha value is -2.63. The predicted molar refractivity (Wildman–Crippen MR) is 194 cm³/mol. The van der Waals surface area contributed by atoms with Crippen LogP contribution in [0.15, 0.2) is 103 Å². The fourth-order valence-electron chi connectivity index (χ4n) is 5.01. The summed E-state index contributed by atoms with van der Waals surface area (Å²) in [6, 6.07) is 34.5. The van der Waals surface area contributed by atoms with Crippen molar-refractivity contribution in [2.24, 2.45) is 0 Å². The van der Waals surface area contributed by atoms with E-state index in [0.29, 0.717) is 18.4 Å². The van der Waals surface area contributed by atoms with Gasteiger partial charge in [0.2, 0.25) is 0 Å². The number of nitrogens with zero attached hydrogens (tertiary/aromatic N) is 5. The molecule has 0 saturated carbocycles. The van der Waals surface area contributed by atoms with Crippen molar-refractivity contribution in [3.63, 3.8) is 0 Å². The van der Waals surface area contributed by atoms with E-state index in [1.165, 1.54) is 27.9 Å². The van der Waals surface area contributed by atoms with Crippen molar-refractivity contribution < 1.29 is 26.2 Å². The quantitative estimate of drug-likeness (QED) is 0.164. The first-order chi connectivity index (χ1) is 21.2. The average Bonchev–Trinajstić information content (AvgIpc) is 3.02. The minimum absolute atomic E-state index is 0. The molecule has 45 heavy (non-hydrogen) atoms. The van der Waals surface area contributed by atoms with Crippen LogP contribution in [0.2, 0.25) is 0 Å². The molecule has 5 nitrogen and oxygen atoms in total. The molecule has 0 aliphatic rings. The molecule has 0 aliphatic carbocycles. The third-order valence-electron chi connectivity index (χ3n) is 6.86. The molecule has 0 atom stereocenters. The molecule has 1 heterocycles. The minimum atomic E-state index is -0.262. The second-order valence-electron chi connectivity index (χ2n) is 11.6. The van der Waals surface area contributed by atoms with Gasteiger partial charge in [-0.05, 0) is 47.9 Å². The smallest absolute Gasteiger partial charge is 0.683 e. The Morgan fingerprint density at radius 1 is 0.556 bits per heavy atom. The van der Waals surface area contributed by atoms with E-state index in [0.717, 1.165) is 18.5 Å². The van der Waals surface area contributed by atoms with E-state index in [-0.39, 0.29) is 31.6 Å². The summed E-state index contributed by atoms with van der Waals surface area (Å²) >= 11 is 0. The molecule has 6 heteroatoms. The summed E-state index contributed by atoms with van der Waals surface area (Å²) in [5.74, 6) is 0.833. The van der Waals surface area contributed by atoms with Crippen LogP contribution in [-0.2, 0) is 44.5 Å². The monoisotopic (exact) mass is 683 g/mol. The number of hydrogen-bond acceptors (Lipinski definition) is 1. The van der Waals surface area contributed by atoms with Crippen molar-refractivity contribution in [2.45, 2.75) is 57.8 Å². The fourth-order valence-corrected chi connectivity index (χ4v) is 5.01. The van der Waals surface area contributed by atoms with Gasteiger partial charge in [-0.25, -0.2) is 0 Å². The molecule has 0 radical (unpaired) electrons. The molecule has 0 saturated heterocycles. The standard InChI is InChI=1S/C33H37N2.3C2H6N.Zr/c1-25(2)29-18-13-19-30(26(3)4)32(29)35-24-33(31-20-11-12-21-34-31,22-27-14-7-5-8-15-27)23-28-16-9-6-10-17-28;3*1-3-2;/h5-21,25-26H,22-24H2,1-4H3;3*1-2H3;/q4*-1;+4. The third kappa shape index (κ3) is 15.0. The van der Waals surface area contributed by atoms with Crippen molar-refractivity contribution in [2.75, 3.05) is 48.8 Å². The number of benzene rings is 3. The van der Waals surface area contributed by atoms with Crippen LogP contribution in [-0.4, -0.2) is 53.8 Å². The molecule has 0 spiro atoms. The van der Waals surface area contributed by atoms with Crippen LogP contribution in [0.25, 0.3) is 21.3 Å². The van der Waals surface area contributed by atoms with Crippen LogP contribution >= 0.6 is 0 Å². The molecule has 0 unspecified atom stereocenters. The third-order valence-corrected chi connectivity index (χ3v) is 6.86. The van der Waals surface area contributed by atoms with Gasteiger partial charge in [-0.1, -0.05) is 124 Å². The number of pyridine rings is 1. The zero-order valence-electron chi connectivity index (χ0n) is 29.3. The van der Waals surface area contributed by atoms with Gasteiger partial charge in [0.15, 0.2) is 0 Å². The molecule has 240 valence electrons. The summed E-state index contributed by atoms with van der Waals surface area (Å²) in [5, 5.41) is 15.9. The van der Waals surface area contributed by atoms with Crippen LogP contribution < -0.4 is 0 Å². The van der Waals surface area contributed by atoms with Gasteiger partial charge in [-0.3, -0.25) is 4.98 Å². The predicted octanol–water partition coefficient (Wildman–Crippen LogP) is 10.6. The van der Waals surface area contributed by atoms with Gasteiger partial charge in [0.25, 0.3) is 0 Å². The fraction of sp³-hybridized carbons (Fsp3) is 0.410. The SMILES string of the molecule is CC(C)c1cccc(C(C)C)c1[N-]CC(Cc1ccccc1)(Cc1ccccc1)c1ccccn1.C[N-]C.C[N-]C.C[N-]C.[Zr+4]. The maximum atomic E-state index is 5.45. The Morgan fingerprint density at radius 3 is 1.31 bits per heavy atom. The molecular weight excluding hydrogens is 630 g/mol. The van der Waals surface area contributed by atoms with E-state index >= 15 is 0 Å². The van der Waals surface area contributed by atoms with Gasteiger partial charge in [-0.15, -0.1) is 12.2 Å². The van der Waals surface area contributed by atoms with Crippen LogP contribution in [0, 0.1) is 0 Å². The molecule has 3 aromatic carbocycles. The average molecular weight is 685 g/mol. The molecule has 0 bridgehead atoms. The second-order valence-corrected chi connectivity index (χ2v) is 11.6. The first-order valence-corrected chi connectivity index (χ1v) is 15.5. The maximum Gasteiger partial charge on any atom is 4.00 e. The number of aromatic nitrogens is 1. The molecule has 0 fully saturated rings. The zero-order valence-corrected chi connectivity index (χ0v) is 31.8. The molecular formula is C39H55N5Zr. The van der Waals surface area contributed by atoms with E-state index in [4.69, 9.17) is 10.3 Å². The number of rotatable bonds is 10. The van der Waals surface area contributed by atoms with Crippen molar-refractivity contribution in [1.29, 1.82) is 0 Å². The van der Waals surface area contributed by atoms with Gasteiger partial charge < -0.3 is 21.3 Å². The summed E-state index contributed by atoms with van der Waals surface area (Å²) < 4.78 is 0. The molecule has 1 aromatic heterocycles. The van der Waals surface area contributed by atoms with E-state index in [9.17, 15) is 0 Å². The summed E-state index contributed by atoms with van der Waals surface area (Å²) in [7, 11) is 10.5. The van der Waals surface area contributed by atoms with Crippen molar-refractivity contribution >= 4 is 5.69 Å². The van der Waals surface area contributed by atoms with Crippen LogP contribution in [0.5, 0.6) is 0 Å². The van der Waals surface area contributed by atoms with Crippen molar-refractivity contribution in [3.8, 4) is 0 Å². The largest absolute Gasteiger partial charge is 4.00 e. The molecule has 0 N–H and O–H groups in total. The molecule has 0 amide bonds. The normalized spacial score (nSPS) is 10.3. The van der Waals surface area contributed by atoms with Gasteiger partial charge in [0.05, 0.1) is 0 Å². The molecule has 0 aliphatic heterocycles. The Labute approximate surface area is 294 Å². The second kappa shape index (κ2) is 24.6. The van der Waals surface area contributed by atoms with Crippen LogP contribution in [0.4, 0.5) is 5.69 Å². The Balaban J connectivity index is 0.00000173. The first kappa shape index (κ1) is 42.4. The topological polar surface area (TPSA) is 69.3 Å². The van der Waals surface area contributed by atoms with Gasteiger partial charge in [0, 0.05) is 17.3 Å². The first-order valence-electron chi connectivity index (χ1n) is 15.5. The summed E-state index contributed by atoms with van der Waals surface area (Å²) in [6.07, 6.45) is 3.68. The van der Waals surface area contributed by atoms with Gasteiger partial charge in [0.1, 0.15) is 0 Å². The summed E-state index contributed by atoms with van der Waals surface area (Å²) in [4.78, 5) is 4.91. The van der Waals surface area contributed by atoms with Crippen molar-refractivity contribution in [3.05, 3.63) is 152 Å². The van der Waals surface area contributed by atoms with E-state index < -0.39 is 0 Å². The van der Waals surface area contributed by atoms with Gasteiger partial charge >= 0.3 is 26.2 Å². The van der Waals surface area contributed by atoms with Crippen LogP contribution in [0.1, 0.15) is 67.5 Å². The van der Waals surface area contributed by atoms with E-state index in [1.807, 2.05) is 12.3 Å². The van der Waals surface area contributed by atoms with E-state index in [2.05, 4.69) is 135 Å². The Morgan fingerprint density at radius 2 is 0.956 bits per heavy atom. The van der Waals surface area contributed by atoms with Gasteiger partial charge in [-0.2, -0.15) is 42.3 Å².